The first-order valence-electron chi connectivity index (χ1n) is 12.3. The van der Waals surface area contributed by atoms with Gasteiger partial charge in [-0.25, -0.2) is 0 Å². The molecule has 1 unspecified atom stereocenters. The first-order valence-corrected chi connectivity index (χ1v) is 12.3. The van der Waals surface area contributed by atoms with E-state index < -0.39 is 0 Å². The molecule has 0 aliphatic heterocycles. The number of hydrogen-bond acceptors (Lipinski definition) is 3. The Labute approximate surface area is 191 Å². The summed E-state index contributed by atoms with van der Waals surface area (Å²) >= 11 is 0. The molecule has 4 rings (SSSR count). The molecule has 0 heterocycles. The van der Waals surface area contributed by atoms with E-state index in [0.29, 0.717) is 6.61 Å². The summed E-state index contributed by atoms with van der Waals surface area (Å²) in [5.41, 5.74) is 1.26. The van der Waals surface area contributed by atoms with E-state index in [2.05, 4.69) is 59.8 Å². The van der Waals surface area contributed by atoms with Gasteiger partial charge < -0.3 is 10.3 Å². The standard InChI is InChI=1S/C29H35NO2/c31-20-9-7-5-3-1-2-4-6-8-11-25(21-30-32)26-18-16-24-15-14-22-12-10-13-23-17-19-27(26)29(24)28(22)23/h10,12-19,21,25,31-32H,1-9,11,20H2. The van der Waals surface area contributed by atoms with E-state index in [1.807, 2.05) is 0 Å². The molecule has 168 valence electrons. The molecule has 32 heavy (non-hydrogen) atoms. The summed E-state index contributed by atoms with van der Waals surface area (Å²) in [5, 5.41) is 29.4. The lowest BCUT2D eigenvalue weighted by atomic mass is 9.86. The fourth-order valence-electron chi connectivity index (χ4n) is 5.19. The molecule has 2 N–H and O–H groups in total. The Hall–Kier alpha value is -2.65. The number of oxime groups is 1. The fraction of sp³-hybridized carbons (Fsp3) is 0.414. The van der Waals surface area contributed by atoms with E-state index >= 15 is 0 Å². The summed E-state index contributed by atoms with van der Waals surface area (Å²) in [6, 6.07) is 19.8. The molecular weight excluding hydrogens is 394 g/mol. The Morgan fingerprint density at radius 3 is 1.88 bits per heavy atom. The number of nitrogens with zero attached hydrogens (tertiary/aromatic N) is 1. The van der Waals surface area contributed by atoms with Crippen LogP contribution in [-0.4, -0.2) is 23.1 Å². The van der Waals surface area contributed by atoms with Gasteiger partial charge in [-0.1, -0.05) is 106 Å². The van der Waals surface area contributed by atoms with Crippen LogP contribution in [0.4, 0.5) is 0 Å². The first-order chi connectivity index (χ1) is 15.8. The minimum absolute atomic E-state index is 0.128. The maximum atomic E-state index is 9.36. The van der Waals surface area contributed by atoms with Crippen LogP contribution in [0.1, 0.15) is 75.7 Å². The molecule has 0 aliphatic rings. The number of rotatable bonds is 13. The summed E-state index contributed by atoms with van der Waals surface area (Å²) in [7, 11) is 0. The highest BCUT2D eigenvalue weighted by molar-refractivity contribution is 6.23. The van der Waals surface area contributed by atoms with Crippen molar-refractivity contribution in [3.63, 3.8) is 0 Å². The van der Waals surface area contributed by atoms with Gasteiger partial charge in [-0.15, -0.1) is 5.16 Å². The van der Waals surface area contributed by atoms with Crippen molar-refractivity contribution in [2.45, 2.75) is 70.1 Å². The average molecular weight is 430 g/mol. The molecule has 0 fully saturated rings. The van der Waals surface area contributed by atoms with Crippen LogP contribution in [0.5, 0.6) is 0 Å². The van der Waals surface area contributed by atoms with Gasteiger partial charge in [-0.05, 0) is 50.7 Å². The van der Waals surface area contributed by atoms with Crippen LogP contribution in [0.3, 0.4) is 0 Å². The SMILES string of the molecule is OCCCCCCCCCCCC(C=NO)c1ccc2ccc3cccc4ccc1c2c34. The van der Waals surface area contributed by atoms with Crippen LogP contribution in [0.15, 0.2) is 59.8 Å². The van der Waals surface area contributed by atoms with Gasteiger partial charge in [0, 0.05) is 12.5 Å². The van der Waals surface area contributed by atoms with Gasteiger partial charge in [0.2, 0.25) is 0 Å². The van der Waals surface area contributed by atoms with Crippen molar-refractivity contribution in [1.82, 2.24) is 0 Å². The van der Waals surface area contributed by atoms with E-state index in [0.717, 1.165) is 25.7 Å². The zero-order valence-electron chi connectivity index (χ0n) is 19.0. The molecule has 0 bridgehead atoms. The molecule has 1 atom stereocenters. The third kappa shape index (κ3) is 5.05. The molecule has 3 nitrogen and oxygen atoms in total. The second kappa shape index (κ2) is 11.3. The van der Waals surface area contributed by atoms with Gasteiger partial charge in [0.1, 0.15) is 0 Å². The summed E-state index contributed by atoms with van der Waals surface area (Å²) in [6.45, 7) is 0.324. The summed E-state index contributed by atoms with van der Waals surface area (Å²) < 4.78 is 0. The first kappa shape index (κ1) is 22.5. The quantitative estimate of drug-likeness (QED) is 0.0743. The lowest BCUT2D eigenvalue weighted by molar-refractivity contribution is 0.282. The van der Waals surface area contributed by atoms with Gasteiger partial charge >= 0.3 is 0 Å². The minimum Gasteiger partial charge on any atom is -0.411 e. The molecule has 0 saturated carbocycles. The Balaban J connectivity index is 1.43. The number of aliphatic hydroxyl groups is 1. The van der Waals surface area contributed by atoms with Crippen molar-refractivity contribution in [2.24, 2.45) is 5.16 Å². The Morgan fingerprint density at radius 2 is 1.22 bits per heavy atom. The zero-order chi connectivity index (χ0) is 22.2. The van der Waals surface area contributed by atoms with E-state index in [-0.39, 0.29) is 5.92 Å². The number of aliphatic hydroxyl groups excluding tert-OH is 1. The van der Waals surface area contributed by atoms with Crippen LogP contribution in [0.2, 0.25) is 0 Å². The predicted molar refractivity (Wildman–Crippen MR) is 136 cm³/mol. The molecule has 3 heteroatoms. The van der Waals surface area contributed by atoms with E-state index in [9.17, 15) is 5.21 Å². The third-order valence-electron chi connectivity index (χ3n) is 6.88. The lowest BCUT2D eigenvalue weighted by Gasteiger charge is -2.18. The maximum absolute atomic E-state index is 9.36. The Bertz CT molecular complexity index is 1130. The molecule has 0 aromatic heterocycles. The second-order valence-corrected chi connectivity index (χ2v) is 9.08. The van der Waals surface area contributed by atoms with Crippen molar-refractivity contribution in [1.29, 1.82) is 0 Å². The van der Waals surface area contributed by atoms with Crippen LogP contribution in [0.25, 0.3) is 32.3 Å². The molecule has 4 aromatic rings. The zero-order valence-corrected chi connectivity index (χ0v) is 19.0. The van der Waals surface area contributed by atoms with E-state index in [4.69, 9.17) is 5.11 Å². The van der Waals surface area contributed by atoms with Gasteiger partial charge in [0.05, 0.1) is 6.21 Å². The monoisotopic (exact) mass is 429 g/mol. The van der Waals surface area contributed by atoms with E-state index in [1.54, 1.807) is 6.21 Å². The highest BCUT2D eigenvalue weighted by atomic mass is 16.4. The number of hydrogen-bond donors (Lipinski definition) is 2. The van der Waals surface area contributed by atoms with Crippen LogP contribution in [-0.2, 0) is 0 Å². The third-order valence-corrected chi connectivity index (χ3v) is 6.88. The highest BCUT2D eigenvalue weighted by Gasteiger charge is 2.16. The van der Waals surface area contributed by atoms with Crippen molar-refractivity contribution < 1.29 is 10.3 Å². The smallest absolute Gasteiger partial charge is 0.0510 e. The fourth-order valence-corrected chi connectivity index (χ4v) is 5.19. The topological polar surface area (TPSA) is 52.8 Å². The molecule has 0 amide bonds. The van der Waals surface area contributed by atoms with Gasteiger partial charge in [-0.3, -0.25) is 0 Å². The van der Waals surface area contributed by atoms with Gasteiger partial charge in [0.15, 0.2) is 0 Å². The average Bonchev–Trinajstić information content (AvgIpc) is 2.83. The molecule has 0 saturated heterocycles. The maximum Gasteiger partial charge on any atom is 0.0510 e. The summed E-state index contributed by atoms with van der Waals surface area (Å²) in [6.07, 6.45) is 13.5. The molecule has 0 aliphatic carbocycles. The molecule has 0 spiro atoms. The van der Waals surface area contributed by atoms with Crippen molar-refractivity contribution >= 4 is 38.5 Å². The lowest BCUT2D eigenvalue weighted by Crippen LogP contribution is -2.02. The summed E-state index contributed by atoms with van der Waals surface area (Å²) in [5.74, 6) is 0.128. The largest absolute Gasteiger partial charge is 0.411 e. The Morgan fingerprint density at radius 1 is 0.656 bits per heavy atom. The van der Waals surface area contributed by atoms with Crippen molar-refractivity contribution in [3.8, 4) is 0 Å². The summed E-state index contributed by atoms with van der Waals surface area (Å²) in [4.78, 5) is 0. The van der Waals surface area contributed by atoms with Gasteiger partial charge in [-0.2, -0.15) is 0 Å². The number of benzene rings is 4. The second-order valence-electron chi connectivity index (χ2n) is 9.08. The van der Waals surface area contributed by atoms with Crippen LogP contribution in [0, 0.1) is 0 Å². The molecular formula is C29H35NO2. The molecule has 4 aromatic carbocycles. The molecule has 0 radical (unpaired) electrons. The minimum atomic E-state index is 0.128. The van der Waals surface area contributed by atoms with Crippen molar-refractivity contribution in [2.75, 3.05) is 6.61 Å². The van der Waals surface area contributed by atoms with Crippen LogP contribution < -0.4 is 0 Å². The van der Waals surface area contributed by atoms with Crippen molar-refractivity contribution in [3.05, 3.63) is 60.2 Å². The highest BCUT2D eigenvalue weighted by Crippen LogP contribution is 2.38. The number of unbranched alkanes of at least 4 members (excludes halogenated alkanes) is 8. The predicted octanol–water partition coefficient (Wildman–Crippen LogP) is 8.02. The van der Waals surface area contributed by atoms with E-state index in [1.165, 1.54) is 76.4 Å². The van der Waals surface area contributed by atoms with Gasteiger partial charge in [0.25, 0.3) is 0 Å². The Kier molecular flexibility index (Phi) is 7.95. The normalized spacial score (nSPS) is 13.2. The van der Waals surface area contributed by atoms with Crippen LogP contribution >= 0.6 is 0 Å².